The quantitative estimate of drug-likeness (QED) is 0.753. The van der Waals surface area contributed by atoms with Crippen LogP contribution in [0.15, 0.2) is 22.8 Å². The fourth-order valence-electron chi connectivity index (χ4n) is 1.65. The zero-order valence-electron chi connectivity index (χ0n) is 11.0. The molecule has 0 spiro atoms. The maximum Gasteiger partial charge on any atom is 0.240 e. The molecule has 0 fully saturated rings. The van der Waals surface area contributed by atoms with Crippen molar-refractivity contribution in [2.24, 2.45) is 5.73 Å². The molecular formula is C13H19N3O3. The molecule has 104 valence electrons. The molecule has 0 aliphatic carbocycles. The molecule has 0 saturated carbocycles. The van der Waals surface area contributed by atoms with Crippen molar-refractivity contribution < 1.29 is 13.9 Å². The lowest BCUT2D eigenvalue weighted by Crippen LogP contribution is -2.44. The highest BCUT2D eigenvalue weighted by atomic mass is 16.5. The lowest BCUT2D eigenvalue weighted by atomic mass is 10.2. The number of carbonyl (C=O) groups is 1. The Morgan fingerprint density at radius 2 is 2.47 bits per heavy atom. The van der Waals surface area contributed by atoms with Gasteiger partial charge in [-0.2, -0.15) is 5.26 Å². The van der Waals surface area contributed by atoms with E-state index in [1.165, 1.54) is 0 Å². The molecule has 1 amide bonds. The number of nitrogens with two attached hydrogens (primary N) is 1. The number of hydrogen-bond acceptors (Lipinski definition) is 5. The molecule has 1 rings (SSSR count). The van der Waals surface area contributed by atoms with Gasteiger partial charge < -0.3 is 19.8 Å². The van der Waals surface area contributed by atoms with Gasteiger partial charge in [0.15, 0.2) is 0 Å². The van der Waals surface area contributed by atoms with Gasteiger partial charge in [0.2, 0.25) is 5.91 Å². The minimum atomic E-state index is -0.617. The summed E-state index contributed by atoms with van der Waals surface area (Å²) < 4.78 is 10.1. The molecule has 6 nitrogen and oxygen atoms in total. The highest BCUT2D eigenvalue weighted by molar-refractivity contribution is 5.81. The van der Waals surface area contributed by atoms with Crippen LogP contribution in [-0.4, -0.2) is 37.1 Å². The lowest BCUT2D eigenvalue weighted by Gasteiger charge is -2.23. The van der Waals surface area contributed by atoms with Crippen LogP contribution in [0.3, 0.4) is 0 Å². The fourth-order valence-corrected chi connectivity index (χ4v) is 1.65. The zero-order valence-corrected chi connectivity index (χ0v) is 11.0. The monoisotopic (exact) mass is 265 g/mol. The summed E-state index contributed by atoms with van der Waals surface area (Å²) in [4.78, 5) is 13.7. The van der Waals surface area contributed by atoms with Crippen molar-refractivity contribution in [1.82, 2.24) is 4.90 Å². The number of amides is 1. The van der Waals surface area contributed by atoms with Crippen LogP contribution in [0.1, 0.15) is 18.6 Å². The van der Waals surface area contributed by atoms with Crippen LogP contribution in [-0.2, 0) is 16.1 Å². The molecule has 2 N–H and O–H groups in total. The molecule has 1 heterocycles. The first-order valence-electron chi connectivity index (χ1n) is 6.11. The topological polar surface area (TPSA) is 92.5 Å². The second kappa shape index (κ2) is 8.29. The van der Waals surface area contributed by atoms with Gasteiger partial charge in [-0.15, -0.1) is 0 Å². The fraction of sp³-hybridized carbons (Fsp3) is 0.538. The summed E-state index contributed by atoms with van der Waals surface area (Å²) in [6.07, 6.45) is 2.27. The van der Waals surface area contributed by atoms with Gasteiger partial charge in [0, 0.05) is 20.3 Å². The van der Waals surface area contributed by atoms with Gasteiger partial charge in [-0.05, 0) is 18.6 Å². The van der Waals surface area contributed by atoms with Gasteiger partial charge in [0.25, 0.3) is 0 Å². The summed E-state index contributed by atoms with van der Waals surface area (Å²) in [5.41, 5.74) is 5.82. The summed E-state index contributed by atoms with van der Waals surface area (Å²) in [5.74, 6) is 0.480. The standard InChI is InChI=1S/C13H19N3O3/c1-18-9-5-12(15)13(17)16(7-3-6-14)10-11-4-2-8-19-11/h2,4,8,12H,3,5,7,9-10,15H2,1H3. The number of carbonyl (C=O) groups excluding carboxylic acids is 1. The van der Waals surface area contributed by atoms with Crippen LogP contribution in [0.2, 0.25) is 0 Å². The van der Waals surface area contributed by atoms with E-state index in [-0.39, 0.29) is 12.3 Å². The zero-order chi connectivity index (χ0) is 14.1. The first kappa shape index (κ1) is 15.2. The predicted molar refractivity (Wildman–Crippen MR) is 68.8 cm³/mol. The summed E-state index contributed by atoms with van der Waals surface area (Å²) in [7, 11) is 1.56. The summed E-state index contributed by atoms with van der Waals surface area (Å²) in [5, 5.41) is 8.64. The molecule has 6 heteroatoms. The van der Waals surface area contributed by atoms with Gasteiger partial charge in [0.1, 0.15) is 5.76 Å². The maximum absolute atomic E-state index is 12.2. The van der Waals surface area contributed by atoms with Gasteiger partial charge in [0.05, 0.1) is 31.3 Å². The van der Waals surface area contributed by atoms with Crippen LogP contribution < -0.4 is 5.73 Å². The van der Waals surface area contributed by atoms with E-state index in [0.717, 1.165) is 0 Å². The molecule has 1 atom stereocenters. The number of nitriles is 1. The Hall–Kier alpha value is -1.84. The average molecular weight is 265 g/mol. The van der Waals surface area contributed by atoms with Gasteiger partial charge in [-0.1, -0.05) is 0 Å². The maximum atomic E-state index is 12.2. The number of methoxy groups -OCH3 is 1. The predicted octanol–water partition coefficient (Wildman–Crippen LogP) is 0.886. The smallest absolute Gasteiger partial charge is 0.240 e. The number of hydrogen-bond donors (Lipinski definition) is 1. The van der Waals surface area contributed by atoms with Gasteiger partial charge in [-0.25, -0.2) is 0 Å². The minimum absolute atomic E-state index is 0.191. The number of nitrogens with zero attached hydrogens (tertiary/aromatic N) is 2. The third kappa shape index (κ3) is 5.12. The molecule has 0 bridgehead atoms. The number of ether oxygens (including phenoxy) is 1. The Morgan fingerprint density at radius 3 is 3.05 bits per heavy atom. The van der Waals surface area contributed by atoms with Crippen LogP contribution in [0, 0.1) is 11.3 Å². The van der Waals surface area contributed by atoms with Gasteiger partial charge in [-0.3, -0.25) is 4.79 Å². The molecular weight excluding hydrogens is 246 g/mol. The van der Waals surface area contributed by atoms with Crippen LogP contribution in [0.25, 0.3) is 0 Å². The van der Waals surface area contributed by atoms with Crippen molar-refractivity contribution in [2.45, 2.75) is 25.4 Å². The van der Waals surface area contributed by atoms with Crippen LogP contribution in [0.4, 0.5) is 0 Å². The first-order chi connectivity index (χ1) is 9.19. The van der Waals surface area contributed by atoms with Crippen LogP contribution in [0.5, 0.6) is 0 Å². The molecule has 0 aliphatic heterocycles. The van der Waals surface area contributed by atoms with Crippen LogP contribution >= 0.6 is 0 Å². The molecule has 0 radical (unpaired) electrons. The lowest BCUT2D eigenvalue weighted by molar-refractivity contribution is -0.133. The third-order valence-electron chi connectivity index (χ3n) is 2.68. The molecule has 1 unspecified atom stereocenters. The summed E-state index contributed by atoms with van der Waals surface area (Å²) in [6, 6.07) is 4.95. The average Bonchev–Trinajstić information content (AvgIpc) is 2.92. The van der Waals surface area contributed by atoms with E-state index >= 15 is 0 Å². The Morgan fingerprint density at radius 1 is 1.68 bits per heavy atom. The SMILES string of the molecule is COCCC(N)C(=O)N(CCC#N)Cc1ccco1. The van der Waals surface area contributed by atoms with E-state index in [9.17, 15) is 4.79 Å². The highest BCUT2D eigenvalue weighted by Crippen LogP contribution is 2.08. The molecule has 0 saturated heterocycles. The molecule has 1 aromatic rings. The second-order valence-corrected chi connectivity index (χ2v) is 4.14. The summed E-state index contributed by atoms with van der Waals surface area (Å²) in [6.45, 7) is 1.10. The second-order valence-electron chi connectivity index (χ2n) is 4.14. The van der Waals surface area contributed by atoms with Crippen molar-refractivity contribution >= 4 is 5.91 Å². The molecule has 0 aromatic carbocycles. The number of furan rings is 1. The Bertz CT molecular complexity index is 411. The van der Waals surface area contributed by atoms with Crippen molar-refractivity contribution in [3.8, 4) is 6.07 Å². The van der Waals surface area contributed by atoms with E-state index in [0.29, 0.717) is 31.9 Å². The number of rotatable bonds is 8. The van der Waals surface area contributed by atoms with Crippen molar-refractivity contribution in [3.63, 3.8) is 0 Å². The highest BCUT2D eigenvalue weighted by Gasteiger charge is 2.21. The normalized spacial score (nSPS) is 11.8. The molecule has 1 aromatic heterocycles. The molecule has 0 aliphatic rings. The van der Waals surface area contributed by atoms with E-state index < -0.39 is 6.04 Å². The van der Waals surface area contributed by atoms with E-state index in [1.807, 2.05) is 6.07 Å². The Kier molecular flexibility index (Phi) is 6.64. The van der Waals surface area contributed by atoms with E-state index in [4.69, 9.17) is 20.1 Å². The van der Waals surface area contributed by atoms with E-state index in [1.54, 1.807) is 30.4 Å². The van der Waals surface area contributed by atoms with E-state index in [2.05, 4.69) is 0 Å². The van der Waals surface area contributed by atoms with Crippen molar-refractivity contribution in [3.05, 3.63) is 24.2 Å². The summed E-state index contributed by atoms with van der Waals surface area (Å²) >= 11 is 0. The Labute approximate surface area is 112 Å². The van der Waals surface area contributed by atoms with Crippen molar-refractivity contribution in [2.75, 3.05) is 20.3 Å². The Balaban J connectivity index is 2.61. The largest absolute Gasteiger partial charge is 0.467 e. The minimum Gasteiger partial charge on any atom is -0.467 e. The first-order valence-corrected chi connectivity index (χ1v) is 6.11. The van der Waals surface area contributed by atoms with Gasteiger partial charge >= 0.3 is 0 Å². The molecule has 19 heavy (non-hydrogen) atoms. The van der Waals surface area contributed by atoms with Crippen molar-refractivity contribution in [1.29, 1.82) is 5.26 Å². The third-order valence-corrected chi connectivity index (χ3v) is 2.68.